The summed E-state index contributed by atoms with van der Waals surface area (Å²) in [6.07, 6.45) is 0. The minimum Gasteiger partial charge on any atom is -0.398 e. The second kappa shape index (κ2) is 6.91. The third-order valence-electron chi connectivity index (χ3n) is 5.32. The number of nitrogens with two attached hydrogens (primary N) is 1. The van der Waals surface area contributed by atoms with Crippen molar-refractivity contribution in [2.45, 2.75) is 39.8 Å². The first kappa shape index (κ1) is 20.5. The van der Waals surface area contributed by atoms with Crippen molar-refractivity contribution in [3.8, 4) is 11.3 Å². The van der Waals surface area contributed by atoms with Crippen LogP contribution in [0, 0.1) is 5.41 Å². The van der Waals surface area contributed by atoms with E-state index in [2.05, 4.69) is 20.8 Å². The summed E-state index contributed by atoms with van der Waals surface area (Å²) in [5, 5.41) is 0. The summed E-state index contributed by atoms with van der Waals surface area (Å²) in [6.45, 7) is 6.83. The third-order valence-corrected chi connectivity index (χ3v) is 5.32. The van der Waals surface area contributed by atoms with Crippen molar-refractivity contribution in [1.29, 1.82) is 0 Å². The summed E-state index contributed by atoms with van der Waals surface area (Å²) in [5.41, 5.74) is 10.2. The van der Waals surface area contributed by atoms with Crippen molar-refractivity contribution >= 4 is 16.9 Å². The maximum Gasteiger partial charge on any atom is 0.330 e. The molecule has 0 spiro atoms. The number of imidazole rings is 1. The van der Waals surface area contributed by atoms with Gasteiger partial charge in [-0.3, -0.25) is 14.0 Å². The number of halogens is 2. The fourth-order valence-corrected chi connectivity index (χ4v) is 3.95. The highest BCUT2D eigenvalue weighted by Crippen LogP contribution is 2.31. The summed E-state index contributed by atoms with van der Waals surface area (Å²) in [4.78, 5) is 19.2. The van der Waals surface area contributed by atoms with Crippen molar-refractivity contribution < 1.29 is 8.78 Å². The van der Waals surface area contributed by atoms with Crippen LogP contribution in [-0.2, 0) is 20.1 Å². The number of nitrogens with zero attached hydrogens (tertiary/aromatic N) is 4. The van der Waals surface area contributed by atoms with Gasteiger partial charge in [0.1, 0.15) is 0 Å². The first-order valence-corrected chi connectivity index (χ1v) is 9.99. The number of benzene rings is 1. The van der Waals surface area contributed by atoms with Crippen LogP contribution in [0.5, 0.6) is 0 Å². The molecular weight excluding hydrogens is 388 g/mol. The Morgan fingerprint density at radius 1 is 1.17 bits per heavy atom. The summed E-state index contributed by atoms with van der Waals surface area (Å²) in [6, 6.07) is 9.27. The molecule has 2 N–H and O–H groups in total. The first-order valence-electron chi connectivity index (χ1n) is 9.99. The van der Waals surface area contributed by atoms with Crippen molar-refractivity contribution in [3.05, 3.63) is 46.4 Å². The predicted molar refractivity (Wildman–Crippen MR) is 115 cm³/mol. The van der Waals surface area contributed by atoms with E-state index in [1.165, 1.54) is 0 Å². The monoisotopic (exact) mass is 415 g/mol. The van der Waals surface area contributed by atoms with Crippen LogP contribution in [0.15, 0.2) is 35.1 Å². The molecular formula is C22H27F2N5O. The average Bonchev–Trinajstić information content (AvgIpc) is 2.85. The van der Waals surface area contributed by atoms with Crippen LogP contribution in [0.3, 0.4) is 0 Å². The molecule has 0 amide bonds. The van der Waals surface area contributed by atoms with Crippen LogP contribution >= 0.6 is 0 Å². The van der Waals surface area contributed by atoms with Gasteiger partial charge >= 0.3 is 5.69 Å². The lowest BCUT2D eigenvalue weighted by Gasteiger charge is -2.38. The number of hydrogen-bond donors (Lipinski definition) is 1. The van der Waals surface area contributed by atoms with Gasteiger partial charge in [0, 0.05) is 31.4 Å². The lowest BCUT2D eigenvalue weighted by molar-refractivity contribution is -0.133. The second-order valence-electron chi connectivity index (χ2n) is 9.45. The molecule has 0 saturated carbocycles. The minimum absolute atomic E-state index is 0.0524. The Kier molecular flexibility index (Phi) is 4.73. The van der Waals surface area contributed by atoms with E-state index in [1.54, 1.807) is 27.1 Å². The number of rotatable bonds is 4. The van der Waals surface area contributed by atoms with E-state index >= 15 is 0 Å². The Morgan fingerprint density at radius 3 is 2.50 bits per heavy atom. The lowest BCUT2D eigenvalue weighted by atomic mass is 9.97. The highest BCUT2D eigenvalue weighted by Gasteiger charge is 2.43. The second-order valence-corrected chi connectivity index (χ2v) is 9.45. The molecule has 3 heterocycles. The van der Waals surface area contributed by atoms with E-state index in [4.69, 9.17) is 10.7 Å². The fourth-order valence-electron chi connectivity index (χ4n) is 3.95. The van der Waals surface area contributed by atoms with E-state index in [-0.39, 0.29) is 24.2 Å². The molecule has 1 aliphatic rings. The van der Waals surface area contributed by atoms with Crippen LogP contribution in [0.1, 0.15) is 26.3 Å². The quantitative estimate of drug-likeness (QED) is 0.663. The Bertz CT molecular complexity index is 1160. The van der Waals surface area contributed by atoms with Crippen LogP contribution in [0.25, 0.3) is 22.4 Å². The highest BCUT2D eigenvalue weighted by atomic mass is 19.3. The molecule has 0 radical (unpaired) electrons. The van der Waals surface area contributed by atoms with Gasteiger partial charge in [0.15, 0.2) is 5.65 Å². The summed E-state index contributed by atoms with van der Waals surface area (Å²) in [5.74, 6) is -2.59. The van der Waals surface area contributed by atoms with Crippen LogP contribution in [0.4, 0.5) is 14.5 Å². The van der Waals surface area contributed by atoms with E-state index in [0.29, 0.717) is 30.1 Å². The molecule has 8 heteroatoms. The molecule has 0 atom stereocenters. The van der Waals surface area contributed by atoms with Crippen molar-refractivity contribution in [2.75, 3.05) is 18.8 Å². The minimum atomic E-state index is -2.59. The molecule has 6 nitrogen and oxygen atoms in total. The number of nitrogen functional groups attached to an aromatic ring is 1. The molecule has 1 saturated heterocycles. The SMILES string of the molecule is Cn1c(=O)n(CC(C)(C)C)c2ccc(-c3cc(CN4CC(F)(F)C4)ccc3N)nc21. The van der Waals surface area contributed by atoms with Crippen molar-refractivity contribution in [3.63, 3.8) is 0 Å². The van der Waals surface area contributed by atoms with E-state index in [1.807, 2.05) is 24.3 Å². The molecule has 3 aromatic rings. The first-order chi connectivity index (χ1) is 13.9. The van der Waals surface area contributed by atoms with E-state index < -0.39 is 5.92 Å². The number of pyridine rings is 1. The standard InChI is InChI=1S/C22H27F2N5O/c1-21(2,3)11-29-18-8-7-17(26-19(18)27(4)20(29)30)15-9-14(5-6-16(15)25)10-28-12-22(23,24)13-28/h5-9H,10-13,25H2,1-4H3. The van der Waals surface area contributed by atoms with Gasteiger partial charge < -0.3 is 5.73 Å². The number of alkyl halides is 2. The number of aromatic nitrogens is 3. The molecule has 160 valence electrons. The molecule has 1 aliphatic heterocycles. The zero-order valence-corrected chi connectivity index (χ0v) is 17.7. The highest BCUT2D eigenvalue weighted by molar-refractivity contribution is 5.80. The molecule has 30 heavy (non-hydrogen) atoms. The molecule has 1 aromatic carbocycles. The van der Waals surface area contributed by atoms with E-state index in [9.17, 15) is 13.6 Å². The molecule has 4 rings (SSSR count). The van der Waals surface area contributed by atoms with Gasteiger partial charge in [0.25, 0.3) is 5.92 Å². The predicted octanol–water partition coefficient (Wildman–Crippen LogP) is 3.48. The van der Waals surface area contributed by atoms with Crippen LogP contribution in [0.2, 0.25) is 0 Å². The van der Waals surface area contributed by atoms with Crippen molar-refractivity contribution in [1.82, 2.24) is 19.0 Å². The number of anilines is 1. The largest absolute Gasteiger partial charge is 0.398 e. The topological polar surface area (TPSA) is 69.1 Å². The summed E-state index contributed by atoms with van der Waals surface area (Å²) < 4.78 is 29.5. The molecule has 1 fully saturated rings. The van der Waals surface area contributed by atoms with Crippen molar-refractivity contribution in [2.24, 2.45) is 12.5 Å². The molecule has 0 bridgehead atoms. The molecule has 0 aliphatic carbocycles. The maximum atomic E-state index is 13.1. The normalized spacial score (nSPS) is 16.7. The lowest BCUT2D eigenvalue weighted by Crippen LogP contribution is -2.55. The summed E-state index contributed by atoms with van der Waals surface area (Å²) in [7, 11) is 1.71. The Labute approximate surface area is 173 Å². The molecule has 2 aromatic heterocycles. The van der Waals surface area contributed by atoms with E-state index in [0.717, 1.165) is 16.6 Å². The number of hydrogen-bond acceptors (Lipinski definition) is 4. The Hall–Kier alpha value is -2.74. The number of likely N-dealkylation sites (tertiary alicyclic amines) is 1. The Balaban J connectivity index is 1.70. The summed E-state index contributed by atoms with van der Waals surface area (Å²) >= 11 is 0. The van der Waals surface area contributed by atoms with Crippen LogP contribution < -0.4 is 11.4 Å². The van der Waals surface area contributed by atoms with Gasteiger partial charge in [-0.25, -0.2) is 18.6 Å². The maximum absolute atomic E-state index is 13.1. The fraction of sp³-hybridized carbons (Fsp3) is 0.455. The number of aryl methyl sites for hydroxylation is 1. The molecule has 0 unspecified atom stereocenters. The number of fused-ring (bicyclic) bond motifs is 1. The van der Waals surface area contributed by atoms with Gasteiger partial charge in [-0.15, -0.1) is 0 Å². The zero-order valence-electron chi connectivity index (χ0n) is 17.7. The zero-order chi connectivity index (χ0) is 21.8. The van der Waals surface area contributed by atoms with Gasteiger partial charge in [-0.1, -0.05) is 26.8 Å². The average molecular weight is 415 g/mol. The third kappa shape index (κ3) is 3.84. The van der Waals surface area contributed by atoms with Crippen LogP contribution in [-0.4, -0.2) is 38.0 Å². The van der Waals surface area contributed by atoms with Gasteiger partial charge in [0.2, 0.25) is 0 Å². The van der Waals surface area contributed by atoms with Gasteiger partial charge in [0.05, 0.1) is 24.3 Å². The smallest absolute Gasteiger partial charge is 0.330 e. The van der Waals surface area contributed by atoms with Gasteiger partial charge in [-0.2, -0.15) is 0 Å². The van der Waals surface area contributed by atoms with Gasteiger partial charge in [-0.05, 0) is 35.2 Å². The Morgan fingerprint density at radius 2 is 1.87 bits per heavy atom.